The predicted molar refractivity (Wildman–Crippen MR) is 98.7 cm³/mol. The van der Waals surface area contributed by atoms with Gasteiger partial charge in [0.05, 0.1) is 6.54 Å². The molecule has 0 fully saturated rings. The Bertz CT molecular complexity index is 878. The van der Waals surface area contributed by atoms with Crippen LogP contribution < -0.4 is 5.32 Å². The number of Topliss-reactive ketones (excluding diaryl/α,β-unsaturated/α-hetero) is 1. The molecule has 1 aromatic carbocycles. The predicted octanol–water partition coefficient (Wildman–Crippen LogP) is 5.17. The highest BCUT2D eigenvalue weighted by molar-refractivity contribution is 6.34. The summed E-state index contributed by atoms with van der Waals surface area (Å²) in [5, 5.41) is 13.0. The molecule has 0 bridgehead atoms. The second kappa shape index (κ2) is 5.42. The Morgan fingerprint density at radius 2 is 1.76 bits per heavy atom. The average molecular weight is 376 g/mol. The molecule has 4 rings (SSSR count). The maximum absolute atomic E-state index is 13.1. The second-order valence-electron chi connectivity index (χ2n) is 7.93. The van der Waals surface area contributed by atoms with Gasteiger partial charge < -0.3 is 5.32 Å². The van der Waals surface area contributed by atoms with Gasteiger partial charge in [0, 0.05) is 38.7 Å². The lowest BCUT2D eigenvalue weighted by molar-refractivity contribution is -0.118. The minimum atomic E-state index is -0.623. The van der Waals surface area contributed by atoms with E-state index in [9.17, 15) is 4.79 Å². The molecule has 0 amide bonds. The fourth-order valence-corrected chi connectivity index (χ4v) is 4.80. The van der Waals surface area contributed by atoms with Gasteiger partial charge in [0.2, 0.25) is 0 Å². The minimum Gasteiger partial charge on any atom is -0.342 e. The van der Waals surface area contributed by atoms with Crippen LogP contribution in [-0.4, -0.2) is 12.3 Å². The largest absolute Gasteiger partial charge is 0.342 e. The summed E-state index contributed by atoms with van der Waals surface area (Å²) in [6.45, 7) is 6.76. The van der Waals surface area contributed by atoms with E-state index in [1.54, 1.807) is 6.07 Å². The van der Waals surface area contributed by atoms with Crippen LogP contribution in [-0.2, 0) is 10.2 Å². The Labute approximate surface area is 157 Å². The highest BCUT2D eigenvalue weighted by atomic mass is 35.5. The second-order valence-corrected chi connectivity index (χ2v) is 8.80. The molecule has 25 heavy (non-hydrogen) atoms. The number of allylic oxidation sites excluding steroid dienone is 2. The van der Waals surface area contributed by atoms with E-state index in [1.807, 2.05) is 12.1 Å². The van der Waals surface area contributed by atoms with Crippen LogP contribution >= 0.6 is 23.2 Å². The molecular weight excluding hydrogens is 357 g/mol. The van der Waals surface area contributed by atoms with Gasteiger partial charge in [-0.3, -0.25) is 4.79 Å². The van der Waals surface area contributed by atoms with Gasteiger partial charge in [-0.25, -0.2) is 0 Å². The van der Waals surface area contributed by atoms with E-state index < -0.39 is 5.41 Å². The third-order valence-electron chi connectivity index (χ3n) is 5.37. The molecule has 0 aromatic heterocycles. The number of nitrogens with zero attached hydrogens (tertiary/aromatic N) is 2. The molecule has 1 unspecified atom stereocenters. The van der Waals surface area contributed by atoms with E-state index in [1.165, 1.54) is 0 Å². The van der Waals surface area contributed by atoms with Gasteiger partial charge in [0.1, 0.15) is 0 Å². The third-order valence-corrected chi connectivity index (χ3v) is 5.81. The summed E-state index contributed by atoms with van der Waals surface area (Å²) in [6, 6.07) is 5.48. The molecule has 3 aliphatic rings. The van der Waals surface area contributed by atoms with Crippen molar-refractivity contribution >= 4 is 29.0 Å². The molecule has 2 aliphatic heterocycles. The Balaban J connectivity index is 1.97. The van der Waals surface area contributed by atoms with Crippen LogP contribution in [0.1, 0.15) is 39.2 Å². The summed E-state index contributed by atoms with van der Waals surface area (Å²) in [5.74, 6) is 0.915. The SMILES string of the molecule is CC1(C)CC(=O)C2=C(C1)NC1=C(CN=N1)C2(C)c1cc(Cl)cc(Cl)c1. The first-order valence-electron chi connectivity index (χ1n) is 8.32. The van der Waals surface area contributed by atoms with Gasteiger partial charge in [0.15, 0.2) is 11.6 Å². The minimum absolute atomic E-state index is 0.0797. The smallest absolute Gasteiger partial charge is 0.162 e. The van der Waals surface area contributed by atoms with Gasteiger partial charge in [-0.15, -0.1) is 5.11 Å². The van der Waals surface area contributed by atoms with E-state index in [2.05, 4.69) is 36.3 Å². The molecule has 1 aromatic rings. The molecule has 0 spiro atoms. The van der Waals surface area contributed by atoms with Gasteiger partial charge in [0.25, 0.3) is 0 Å². The molecule has 1 N–H and O–H groups in total. The molecule has 0 radical (unpaired) electrons. The Morgan fingerprint density at radius 1 is 1.08 bits per heavy atom. The number of hydrogen-bond donors (Lipinski definition) is 1. The summed E-state index contributed by atoms with van der Waals surface area (Å²) >= 11 is 12.5. The number of azo groups is 1. The molecule has 4 nitrogen and oxygen atoms in total. The Hall–Kier alpha value is -1.65. The van der Waals surface area contributed by atoms with E-state index in [-0.39, 0.29) is 11.2 Å². The summed E-state index contributed by atoms with van der Waals surface area (Å²) in [7, 11) is 0. The van der Waals surface area contributed by atoms with Crippen molar-refractivity contribution in [1.29, 1.82) is 0 Å². The van der Waals surface area contributed by atoms with Crippen LogP contribution in [0.4, 0.5) is 0 Å². The molecule has 130 valence electrons. The molecule has 0 saturated heterocycles. The lowest BCUT2D eigenvalue weighted by atomic mass is 9.61. The van der Waals surface area contributed by atoms with Crippen molar-refractivity contribution in [2.75, 3.05) is 6.54 Å². The molecule has 0 saturated carbocycles. The third kappa shape index (κ3) is 2.54. The zero-order valence-corrected chi connectivity index (χ0v) is 15.9. The molecule has 1 aliphatic carbocycles. The number of halogens is 2. The van der Waals surface area contributed by atoms with Crippen LogP contribution in [0.25, 0.3) is 0 Å². The van der Waals surface area contributed by atoms with Crippen molar-refractivity contribution in [3.8, 4) is 0 Å². The fourth-order valence-electron chi connectivity index (χ4n) is 4.27. The van der Waals surface area contributed by atoms with Crippen LogP contribution in [0, 0.1) is 5.41 Å². The highest BCUT2D eigenvalue weighted by Gasteiger charge is 2.49. The summed E-state index contributed by atoms with van der Waals surface area (Å²) < 4.78 is 0. The number of ketones is 1. The van der Waals surface area contributed by atoms with Crippen molar-refractivity contribution in [2.45, 2.75) is 39.0 Å². The van der Waals surface area contributed by atoms with Crippen molar-refractivity contribution in [2.24, 2.45) is 15.6 Å². The summed E-state index contributed by atoms with van der Waals surface area (Å²) in [4.78, 5) is 13.1. The first-order chi connectivity index (χ1) is 11.7. The van der Waals surface area contributed by atoms with E-state index in [4.69, 9.17) is 23.2 Å². The molecular formula is C19H19Cl2N3O. The van der Waals surface area contributed by atoms with Crippen LogP contribution in [0.2, 0.25) is 10.0 Å². The number of nitrogens with one attached hydrogen (secondary N) is 1. The average Bonchev–Trinajstić information content (AvgIpc) is 2.93. The van der Waals surface area contributed by atoms with E-state index in [0.717, 1.165) is 34.6 Å². The number of dihydropyridines is 1. The van der Waals surface area contributed by atoms with Crippen molar-refractivity contribution in [3.63, 3.8) is 0 Å². The van der Waals surface area contributed by atoms with Crippen molar-refractivity contribution in [1.82, 2.24) is 5.32 Å². The van der Waals surface area contributed by atoms with Gasteiger partial charge >= 0.3 is 0 Å². The topological polar surface area (TPSA) is 53.8 Å². The van der Waals surface area contributed by atoms with Crippen LogP contribution in [0.5, 0.6) is 0 Å². The maximum atomic E-state index is 13.1. The quantitative estimate of drug-likeness (QED) is 0.735. The Morgan fingerprint density at radius 3 is 2.44 bits per heavy atom. The van der Waals surface area contributed by atoms with Gasteiger partial charge in [-0.2, -0.15) is 5.11 Å². The molecule has 2 heterocycles. The zero-order valence-electron chi connectivity index (χ0n) is 14.4. The van der Waals surface area contributed by atoms with Crippen LogP contribution in [0.3, 0.4) is 0 Å². The lowest BCUT2D eigenvalue weighted by Gasteiger charge is -2.44. The number of carbonyl (C=O) groups excluding carboxylic acids is 1. The Kier molecular flexibility index (Phi) is 3.64. The first-order valence-corrected chi connectivity index (χ1v) is 9.08. The van der Waals surface area contributed by atoms with Gasteiger partial charge in [-0.05, 0) is 42.5 Å². The highest BCUT2D eigenvalue weighted by Crippen LogP contribution is 2.51. The number of hydrogen-bond acceptors (Lipinski definition) is 4. The fraction of sp³-hybridized carbons (Fsp3) is 0.421. The van der Waals surface area contributed by atoms with Crippen LogP contribution in [0.15, 0.2) is 51.1 Å². The number of benzene rings is 1. The summed E-state index contributed by atoms with van der Waals surface area (Å²) in [5.41, 5.74) is 2.95. The van der Waals surface area contributed by atoms with Crippen molar-refractivity contribution in [3.05, 3.63) is 56.5 Å². The van der Waals surface area contributed by atoms with E-state index >= 15 is 0 Å². The molecule has 1 atom stereocenters. The van der Waals surface area contributed by atoms with Gasteiger partial charge in [-0.1, -0.05) is 37.0 Å². The standard InChI is InChI=1S/C19H19Cl2N3O/c1-18(2)7-14-16(15(25)8-18)19(3,13-9-22-24-17(13)23-14)10-4-11(20)6-12(21)5-10/h4-6,23H,7-9H2,1-3H3. The van der Waals surface area contributed by atoms with E-state index in [0.29, 0.717) is 23.0 Å². The zero-order chi connectivity index (χ0) is 18.0. The monoisotopic (exact) mass is 375 g/mol. The lowest BCUT2D eigenvalue weighted by Crippen LogP contribution is -2.44. The van der Waals surface area contributed by atoms with Crippen molar-refractivity contribution < 1.29 is 4.79 Å². The number of rotatable bonds is 1. The first kappa shape index (κ1) is 16.8. The summed E-state index contributed by atoms with van der Waals surface area (Å²) in [6.07, 6.45) is 1.32. The maximum Gasteiger partial charge on any atom is 0.162 e. The normalized spacial score (nSPS) is 27.3. The molecule has 6 heteroatoms. The number of carbonyl (C=O) groups is 1.